The molecule has 0 aliphatic rings. The van der Waals surface area contributed by atoms with Crippen molar-refractivity contribution in [3.05, 3.63) is 47.7 Å². The highest BCUT2D eigenvalue weighted by Gasteiger charge is 2.30. The molecule has 0 atom stereocenters. The molecule has 2 aromatic rings. The standard InChI is InChI=1S/C12H9F4N3.ClH/c13-11-4-7(3-9(5-17)19-11)10-2-1-8(6-18-10)12(14,15)16;/h1-4,6H,5,17H2;1H. The molecule has 0 aromatic carbocycles. The maximum atomic E-state index is 13.2. The topological polar surface area (TPSA) is 51.8 Å². The van der Waals surface area contributed by atoms with Crippen LogP contribution in [0, 0.1) is 5.95 Å². The summed E-state index contributed by atoms with van der Waals surface area (Å²) in [5.41, 5.74) is 5.36. The molecule has 0 fully saturated rings. The molecule has 108 valence electrons. The predicted molar refractivity (Wildman–Crippen MR) is 67.6 cm³/mol. The SMILES string of the molecule is Cl.NCc1cc(-c2ccc(C(F)(F)F)cn2)cc(F)n1. The molecule has 8 heteroatoms. The Kier molecular flexibility index (Phi) is 5.02. The van der Waals surface area contributed by atoms with Crippen molar-refractivity contribution in [3.8, 4) is 11.3 Å². The Bertz CT molecular complexity index is 584. The van der Waals surface area contributed by atoms with Crippen LogP contribution in [0.1, 0.15) is 11.3 Å². The van der Waals surface area contributed by atoms with Gasteiger partial charge in [0.1, 0.15) is 0 Å². The molecule has 20 heavy (non-hydrogen) atoms. The predicted octanol–water partition coefficient (Wildman–Crippen LogP) is 3.18. The zero-order valence-corrected chi connectivity index (χ0v) is 10.8. The smallest absolute Gasteiger partial charge is 0.325 e. The van der Waals surface area contributed by atoms with Gasteiger partial charge in [0.25, 0.3) is 0 Å². The highest BCUT2D eigenvalue weighted by Crippen LogP contribution is 2.29. The molecule has 0 unspecified atom stereocenters. The minimum atomic E-state index is -4.45. The molecular weight excluding hydrogens is 298 g/mol. The van der Waals surface area contributed by atoms with Gasteiger partial charge in [-0.15, -0.1) is 12.4 Å². The van der Waals surface area contributed by atoms with E-state index in [2.05, 4.69) is 9.97 Å². The van der Waals surface area contributed by atoms with E-state index in [0.29, 0.717) is 17.5 Å². The number of alkyl halides is 3. The molecule has 0 bridgehead atoms. The zero-order chi connectivity index (χ0) is 14.0. The van der Waals surface area contributed by atoms with Crippen molar-refractivity contribution in [2.75, 3.05) is 0 Å². The van der Waals surface area contributed by atoms with Gasteiger partial charge in [0, 0.05) is 24.4 Å². The molecule has 0 radical (unpaired) electrons. The van der Waals surface area contributed by atoms with Gasteiger partial charge in [-0.25, -0.2) is 4.98 Å². The van der Waals surface area contributed by atoms with Crippen molar-refractivity contribution in [1.29, 1.82) is 0 Å². The van der Waals surface area contributed by atoms with Gasteiger partial charge >= 0.3 is 6.18 Å². The Morgan fingerprint density at radius 2 is 1.85 bits per heavy atom. The lowest BCUT2D eigenvalue weighted by molar-refractivity contribution is -0.137. The van der Waals surface area contributed by atoms with Gasteiger partial charge in [-0.3, -0.25) is 4.98 Å². The molecule has 2 heterocycles. The van der Waals surface area contributed by atoms with Gasteiger partial charge in [0.2, 0.25) is 5.95 Å². The van der Waals surface area contributed by atoms with E-state index in [4.69, 9.17) is 5.73 Å². The monoisotopic (exact) mass is 307 g/mol. The fourth-order valence-electron chi connectivity index (χ4n) is 1.54. The summed E-state index contributed by atoms with van der Waals surface area (Å²) in [4.78, 5) is 7.21. The Labute approximate surface area is 118 Å². The highest BCUT2D eigenvalue weighted by atomic mass is 35.5. The Morgan fingerprint density at radius 3 is 2.35 bits per heavy atom. The van der Waals surface area contributed by atoms with Gasteiger partial charge in [-0.1, -0.05) is 0 Å². The van der Waals surface area contributed by atoms with Crippen LogP contribution in [0.25, 0.3) is 11.3 Å². The normalized spacial score (nSPS) is 11.1. The first-order chi connectivity index (χ1) is 8.90. The van der Waals surface area contributed by atoms with E-state index < -0.39 is 17.7 Å². The third-order valence-electron chi connectivity index (χ3n) is 2.44. The van der Waals surface area contributed by atoms with Gasteiger partial charge in [0.05, 0.1) is 17.0 Å². The lowest BCUT2D eigenvalue weighted by Gasteiger charge is -2.07. The summed E-state index contributed by atoms with van der Waals surface area (Å²) in [7, 11) is 0. The van der Waals surface area contributed by atoms with Crippen molar-refractivity contribution in [1.82, 2.24) is 9.97 Å². The van der Waals surface area contributed by atoms with Crippen LogP contribution < -0.4 is 5.73 Å². The molecule has 2 rings (SSSR count). The fourth-order valence-corrected chi connectivity index (χ4v) is 1.54. The summed E-state index contributed by atoms with van der Waals surface area (Å²) >= 11 is 0. The summed E-state index contributed by atoms with van der Waals surface area (Å²) in [5, 5.41) is 0. The average molecular weight is 308 g/mol. The van der Waals surface area contributed by atoms with Gasteiger partial charge in [-0.2, -0.15) is 17.6 Å². The van der Waals surface area contributed by atoms with E-state index >= 15 is 0 Å². The van der Waals surface area contributed by atoms with Crippen LogP contribution >= 0.6 is 12.4 Å². The van der Waals surface area contributed by atoms with Crippen molar-refractivity contribution in [2.45, 2.75) is 12.7 Å². The largest absolute Gasteiger partial charge is 0.417 e. The Morgan fingerprint density at radius 1 is 1.15 bits per heavy atom. The first-order valence-corrected chi connectivity index (χ1v) is 5.30. The van der Waals surface area contributed by atoms with E-state index in [1.807, 2.05) is 0 Å². The van der Waals surface area contributed by atoms with Gasteiger partial charge in [-0.05, 0) is 18.2 Å². The van der Waals surface area contributed by atoms with Crippen LogP contribution in [0.2, 0.25) is 0 Å². The van der Waals surface area contributed by atoms with Crippen LogP contribution in [0.4, 0.5) is 17.6 Å². The molecule has 0 saturated heterocycles. The first-order valence-electron chi connectivity index (χ1n) is 5.30. The minimum Gasteiger partial charge on any atom is -0.325 e. The molecule has 2 N–H and O–H groups in total. The molecule has 0 aliphatic carbocycles. The van der Waals surface area contributed by atoms with Gasteiger partial charge in [0.15, 0.2) is 0 Å². The maximum absolute atomic E-state index is 13.2. The first kappa shape index (κ1) is 16.3. The Balaban J connectivity index is 0.00000200. The minimum absolute atomic E-state index is 0. The van der Waals surface area contributed by atoms with E-state index in [-0.39, 0.29) is 24.6 Å². The lowest BCUT2D eigenvalue weighted by atomic mass is 10.1. The van der Waals surface area contributed by atoms with Crippen LogP contribution in [0.3, 0.4) is 0 Å². The number of nitrogens with two attached hydrogens (primary N) is 1. The number of hydrogen-bond acceptors (Lipinski definition) is 3. The molecule has 0 amide bonds. The van der Waals surface area contributed by atoms with Crippen LogP contribution in [-0.2, 0) is 12.7 Å². The number of pyridine rings is 2. The molecule has 3 nitrogen and oxygen atoms in total. The number of halogens is 5. The number of aromatic nitrogens is 2. The number of nitrogens with zero attached hydrogens (tertiary/aromatic N) is 2. The number of hydrogen-bond donors (Lipinski definition) is 1. The quantitative estimate of drug-likeness (QED) is 0.685. The van der Waals surface area contributed by atoms with E-state index in [9.17, 15) is 17.6 Å². The van der Waals surface area contributed by atoms with E-state index in [1.165, 1.54) is 12.1 Å². The summed E-state index contributed by atoms with van der Waals surface area (Å²) in [6.07, 6.45) is -3.74. The average Bonchev–Trinajstić information content (AvgIpc) is 2.37. The van der Waals surface area contributed by atoms with Crippen LogP contribution in [-0.4, -0.2) is 9.97 Å². The lowest BCUT2D eigenvalue weighted by Crippen LogP contribution is -2.05. The van der Waals surface area contributed by atoms with Crippen molar-refractivity contribution in [2.24, 2.45) is 5.73 Å². The van der Waals surface area contributed by atoms with Crippen LogP contribution in [0.15, 0.2) is 30.5 Å². The molecule has 2 aromatic heterocycles. The third kappa shape index (κ3) is 3.64. The third-order valence-corrected chi connectivity index (χ3v) is 2.44. The summed E-state index contributed by atoms with van der Waals surface area (Å²) in [5.74, 6) is -0.750. The van der Waals surface area contributed by atoms with Gasteiger partial charge < -0.3 is 5.73 Å². The molecular formula is C12H10ClF4N3. The zero-order valence-electron chi connectivity index (χ0n) is 9.99. The Hall–Kier alpha value is -1.73. The summed E-state index contributed by atoms with van der Waals surface area (Å²) in [6.45, 7) is 0.0331. The second-order valence-electron chi connectivity index (χ2n) is 3.80. The summed E-state index contributed by atoms with van der Waals surface area (Å²) < 4.78 is 50.3. The fraction of sp³-hybridized carbons (Fsp3) is 0.167. The molecule has 0 saturated carbocycles. The second-order valence-corrected chi connectivity index (χ2v) is 3.80. The highest BCUT2D eigenvalue weighted by molar-refractivity contribution is 5.85. The summed E-state index contributed by atoms with van der Waals surface area (Å²) in [6, 6.07) is 4.65. The molecule has 0 aliphatic heterocycles. The second kappa shape index (κ2) is 6.15. The van der Waals surface area contributed by atoms with Crippen molar-refractivity contribution < 1.29 is 17.6 Å². The maximum Gasteiger partial charge on any atom is 0.417 e. The van der Waals surface area contributed by atoms with E-state index in [0.717, 1.165) is 12.1 Å². The van der Waals surface area contributed by atoms with Crippen LogP contribution in [0.5, 0.6) is 0 Å². The van der Waals surface area contributed by atoms with E-state index in [1.54, 1.807) is 0 Å². The number of rotatable bonds is 2. The van der Waals surface area contributed by atoms with Crippen molar-refractivity contribution >= 4 is 12.4 Å². The van der Waals surface area contributed by atoms with Crippen molar-refractivity contribution in [3.63, 3.8) is 0 Å². The molecule has 0 spiro atoms.